The Balaban J connectivity index is 1.71. The number of ether oxygens (including phenoxy) is 2. The fourth-order valence-electron chi connectivity index (χ4n) is 2.24. The number of hydrogen-bond donors (Lipinski definition) is 1. The highest BCUT2D eigenvalue weighted by Crippen LogP contribution is 2.22. The summed E-state index contributed by atoms with van der Waals surface area (Å²) in [5.41, 5.74) is 6.71. The molecule has 0 aliphatic rings. The molecule has 0 radical (unpaired) electrons. The summed E-state index contributed by atoms with van der Waals surface area (Å²) in [4.78, 5) is 15.1. The third kappa shape index (κ3) is 4.27. The first-order chi connectivity index (χ1) is 12.7. The monoisotopic (exact) mass is 351 g/mol. The fourth-order valence-corrected chi connectivity index (χ4v) is 2.24. The van der Waals surface area contributed by atoms with E-state index in [1.54, 1.807) is 37.5 Å². The molecular weight excluding hydrogens is 334 g/mol. The lowest BCUT2D eigenvalue weighted by Gasteiger charge is -2.03. The number of amides is 1. The summed E-state index contributed by atoms with van der Waals surface area (Å²) < 4.78 is 15.7. The molecule has 3 aromatic rings. The van der Waals surface area contributed by atoms with Crippen molar-refractivity contribution in [3.05, 3.63) is 60.0 Å². The predicted octanol–water partition coefficient (Wildman–Crippen LogP) is 2.78. The minimum atomic E-state index is -0.529. The number of rotatable bonds is 7. The molecule has 1 aromatic heterocycles. The van der Waals surface area contributed by atoms with Crippen molar-refractivity contribution in [2.24, 2.45) is 5.73 Å². The largest absolute Gasteiger partial charge is 0.496 e. The highest BCUT2D eigenvalue weighted by molar-refractivity contribution is 5.75. The lowest BCUT2D eigenvalue weighted by Crippen LogP contribution is -2.19. The van der Waals surface area contributed by atoms with Crippen LogP contribution in [0.5, 0.6) is 11.5 Å². The molecular formula is C19H17N3O4. The second-order valence-corrected chi connectivity index (χ2v) is 5.31. The zero-order valence-electron chi connectivity index (χ0n) is 14.1. The number of para-hydroxylation sites is 1. The third-order valence-corrected chi connectivity index (χ3v) is 3.48. The van der Waals surface area contributed by atoms with Crippen LogP contribution in [0.3, 0.4) is 0 Å². The summed E-state index contributed by atoms with van der Waals surface area (Å²) >= 11 is 0. The van der Waals surface area contributed by atoms with E-state index in [1.165, 1.54) is 0 Å². The van der Waals surface area contributed by atoms with Crippen molar-refractivity contribution in [2.45, 2.75) is 0 Å². The summed E-state index contributed by atoms with van der Waals surface area (Å²) in [5, 5.41) is 3.96. The minimum absolute atomic E-state index is 0.167. The van der Waals surface area contributed by atoms with Crippen molar-refractivity contribution < 1.29 is 18.8 Å². The van der Waals surface area contributed by atoms with Crippen LogP contribution >= 0.6 is 0 Å². The van der Waals surface area contributed by atoms with E-state index >= 15 is 0 Å². The average molecular weight is 351 g/mol. The molecule has 7 nitrogen and oxygen atoms in total. The van der Waals surface area contributed by atoms with Gasteiger partial charge in [0.05, 0.1) is 7.11 Å². The fraction of sp³-hybridized carbons (Fsp3) is 0.105. The zero-order valence-corrected chi connectivity index (χ0v) is 14.1. The average Bonchev–Trinajstić information content (AvgIpc) is 3.14. The van der Waals surface area contributed by atoms with Gasteiger partial charge in [0.15, 0.2) is 6.61 Å². The molecule has 7 heteroatoms. The Kier molecular flexibility index (Phi) is 5.28. The Morgan fingerprint density at radius 3 is 2.65 bits per heavy atom. The minimum Gasteiger partial charge on any atom is -0.496 e. The van der Waals surface area contributed by atoms with Gasteiger partial charge in [-0.05, 0) is 36.4 Å². The second-order valence-electron chi connectivity index (χ2n) is 5.31. The molecule has 0 fully saturated rings. The van der Waals surface area contributed by atoms with Gasteiger partial charge in [-0.15, -0.1) is 0 Å². The summed E-state index contributed by atoms with van der Waals surface area (Å²) in [6.45, 7) is -0.167. The number of primary amides is 1. The molecule has 0 aliphatic heterocycles. The van der Waals surface area contributed by atoms with Crippen LogP contribution in [0.25, 0.3) is 23.5 Å². The van der Waals surface area contributed by atoms with Gasteiger partial charge in [-0.1, -0.05) is 23.4 Å². The standard InChI is InChI=1S/C19H17N3O4/c1-24-16-5-3-2-4-13(16)8-11-18-21-19(22-26-18)14-6-9-15(10-7-14)25-12-17(20)23/h2-11H,12H2,1H3,(H2,20,23)/b11-8+. The van der Waals surface area contributed by atoms with Crippen molar-refractivity contribution >= 4 is 18.1 Å². The molecule has 1 amide bonds. The van der Waals surface area contributed by atoms with Gasteiger partial charge < -0.3 is 19.7 Å². The third-order valence-electron chi connectivity index (χ3n) is 3.48. The Morgan fingerprint density at radius 2 is 1.92 bits per heavy atom. The van der Waals surface area contributed by atoms with Gasteiger partial charge in [0.1, 0.15) is 11.5 Å². The number of hydrogen-bond acceptors (Lipinski definition) is 6. The summed E-state index contributed by atoms with van der Waals surface area (Å²) in [7, 11) is 1.62. The van der Waals surface area contributed by atoms with E-state index in [-0.39, 0.29) is 6.61 Å². The first kappa shape index (κ1) is 17.2. The van der Waals surface area contributed by atoms with Crippen molar-refractivity contribution in [1.82, 2.24) is 10.1 Å². The molecule has 1 heterocycles. The number of methoxy groups -OCH3 is 1. The lowest BCUT2D eigenvalue weighted by atomic mass is 10.2. The van der Waals surface area contributed by atoms with Gasteiger partial charge in [-0.25, -0.2) is 0 Å². The van der Waals surface area contributed by atoms with Crippen molar-refractivity contribution in [3.63, 3.8) is 0 Å². The van der Waals surface area contributed by atoms with Crippen molar-refractivity contribution in [2.75, 3.05) is 13.7 Å². The van der Waals surface area contributed by atoms with Crippen LogP contribution in [-0.4, -0.2) is 29.8 Å². The maximum absolute atomic E-state index is 10.7. The van der Waals surface area contributed by atoms with Crippen molar-refractivity contribution in [3.8, 4) is 22.9 Å². The molecule has 0 bridgehead atoms. The van der Waals surface area contributed by atoms with E-state index < -0.39 is 5.91 Å². The Bertz CT molecular complexity index is 917. The van der Waals surface area contributed by atoms with E-state index in [4.69, 9.17) is 19.7 Å². The van der Waals surface area contributed by atoms with Crippen LogP contribution in [0.15, 0.2) is 53.1 Å². The molecule has 0 spiro atoms. The first-order valence-corrected chi connectivity index (χ1v) is 7.82. The van der Waals surface area contributed by atoms with Gasteiger partial charge in [-0.3, -0.25) is 4.79 Å². The van der Waals surface area contributed by atoms with Crippen LogP contribution < -0.4 is 15.2 Å². The number of carbonyl (C=O) groups is 1. The number of aromatic nitrogens is 2. The number of nitrogens with zero attached hydrogens (tertiary/aromatic N) is 2. The molecule has 132 valence electrons. The van der Waals surface area contributed by atoms with Crippen LogP contribution in [0.2, 0.25) is 0 Å². The molecule has 3 rings (SSSR count). The molecule has 0 unspecified atom stereocenters. The van der Waals surface area contributed by atoms with E-state index in [1.807, 2.05) is 30.3 Å². The Hall–Kier alpha value is -3.61. The van der Waals surface area contributed by atoms with Crippen LogP contribution in [-0.2, 0) is 4.79 Å². The smallest absolute Gasteiger partial charge is 0.255 e. The van der Waals surface area contributed by atoms with Gasteiger partial charge in [-0.2, -0.15) is 4.98 Å². The van der Waals surface area contributed by atoms with Crippen LogP contribution in [0, 0.1) is 0 Å². The molecule has 0 saturated heterocycles. The number of nitrogens with two attached hydrogens (primary N) is 1. The highest BCUT2D eigenvalue weighted by Gasteiger charge is 2.07. The Morgan fingerprint density at radius 1 is 1.15 bits per heavy atom. The SMILES string of the molecule is COc1ccccc1/C=C/c1nc(-c2ccc(OCC(N)=O)cc2)no1. The maximum atomic E-state index is 10.7. The topological polar surface area (TPSA) is 100 Å². The zero-order chi connectivity index (χ0) is 18.4. The second kappa shape index (κ2) is 7.98. The number of benzene rings is 2. The van der Waals surface area contributed by atoms with E-state index in [2.05, 4.69) is 10.1 Å². The molecule has 0 aliphatic carbocycles. The Labute approximate surface area is 150 Å². The quantitative estimate of drug-likeness (QED) is 0.702. The lowest BCUT2D eigenvalue weighted by molar-refractivity contribution is -0.119. The molecule has 26 heavy (non-hydrogen) atoms. The van der Waals surface area contributed by atoms with Gasteiger partial charge in [0.25, 0.3) is 11.8 Å². The van der Waals surface area contributed by atoms with Gasteiger partial charge >= 0.3 is 0 Å². The first-order valence-electron chi connectivity index (χ1n) is 7.82. The maximum Gasteiger partial charge on any atom is 0.255 e. The molecule has 2 aromatic carbocycles. The molecule has 0 atom stereocenters. The molecule has 2 N–H and O–H groups in total. The normalized spacial score (nSPS) is 10.8. The highest BCUT2D eigenvalue weighted by atomic mass is 16.5. The van der Waals surface area contributed by atoms with Crippen LogP contribution in [0.4, 0.5) is 0 Å². The van der Waals surface area contributed by atoms with Crippen molar-refractivity contribution in [1.29, 1.82) is 0 Å². The predicted molar refractivity (Wildman–Crippen MR) is 96.3 cm³/mol. The summed E-state index contributed by atoms with van der Waals surface area (Å²) in [6, 6.07) is 14.6. The van der Waals surface area contributed by atoms with Crippen LogP contribution in [0.1, 0.15) is 11.5 Å². The molecule has 0 saturated carbocycles. The van der Waals surface area contributed by atoms with E-state index in [0.717, 1.165) is 16.9 Å². The van der Waals surface area contributed by atoms with Gasteiger partial charge in [0.2, 0.25) is 5.82 Å². The van der Waals surface area contributed by atoms with E-state index in [0.29, 0.717) is 17.5 Å². The van der Waals surface area contributed by atoms with Gasteiger partial charge in [0, 0.05) is 17.2 Å². The van der Waals surface area contributed by atoms with E-state index in [9.17, 15) is 4.79 Å². The summed E-state index contributed by atoms with van der Waals surface area (Å²) in [5.74, 6) is 1.59. The summed E-state index contributed by atoms with van der Waals surface area (Å²) in [6.07, 6.45) is 3.57. The number of carbonyl (C=O) groups excluding carboxylic acids is 1.